The Balaban J connectivity index is 1.81. The fourth-order valence-corrected chi connectivity index (χ4v) is 2.41. The van der Waals surface area contributed by atoms with E-state index in [0.717, 1.165) is 16.8 Å². The molecule has 23 heavy (non-hydrogen) atoms. The predicted octanol–water partition coefficient (Wildman–Crippen LogP) is 3.02. The summed E-state index contributed by atoms with van der Waals surface area (Å²) in [4.78, 5) is 16.8. The zero-order valence-electron chi connectivity index (χ0n) is 13.4. The van der Waals surface area contributed by atoms with Crippen molar-refractivity contribution in [2.24, 2.45) is 5.10 Å². The minimum atomic E-state index is -0.276. The maximum atomic E-state index is 12.4. The van der Waals surface area contributed by atoms with E-state index in [4.69, 9.17) is 0 Å². The summed E-state index contributed by atoms with van der Waals surface area (Å²) in [6.45, 7) is 5.84. The standard InChI is InChI=1S/C18H18N4O/c1-12-4-6-15(7-5-12)11-19-21-18(23)17-14(3)20-16-10-13(2)8-9-22(16)17/h4-11H,1-3H3,(H,21,23)/b19-11-. The highest BCUT2D eigenvalue weighted by molar-refractivity contribution is 5.95. The summed E-state index contributed by atoms with van der Waals surface area (Å²) in [5.74, 6) is -0.276. The lowest BCUT2D eigenvalue weighted by Gasteiger charge is -2.02. The minimum Gasteiger partial charge on any atom is -0.295 e. The second-order valence-electron chi connectivity index (χ2n) is 5.59. The van der Waals surface area contributed by atoms with Gasteiger partial charge in [0.2, 0.25) is 0 Å². The van der Waals surface area contributed by atoms with E-state index in [2.05, 4.69) is 15.5 Å². The first kappa shape index (κ1) is 15.0. The number of carbonyl (C=O) groups excluding carboxylic acids is 1. The second-order valence-corrected chi connectivity index (χ2v) is 5.59. The molecule has 1 aromatic carbocycles. The van der Waals surface area contributed by atoms with Gasteiger partial charge in [0.25, 0.3) is 5.91 Å². The molecule has 0 aliphatic carbocycles. The van der Waals surface area contributed by atoms with E-state index < -0.39 is 0 Å². The molecule has 116 valence electrons. The number of amides is 1. The largest absolute Gasteiger partial charge is 0.295 e. The molecule has 0 aliphatic rings. The normalized spacial score (nSPS) is 11.3. The molecule has 0 aliphatic heterocycles. The topological polar surface area (TPSA) is 58.8 Å². The summed E-state index contributed by atoms with van der Waals surface area (Å²) in [5.41, 5.74) is 7.72. The van der Waals surface area contributed by atoms with Crippen LogP contribution in [-0.4, -0.2) is 21.5 Å². The average Bonchev–Trinajstić information content (AvgIpc) is 2.84. The second kappa shape index (κ2) is 6.04. The number of aromatic nitrogens is 2. The van der Waals surface area contributed by atoms with Crippen LogP contribution in [0.3, 0.4) is 0 Å². The number of hydrogen-bond donors (Lipinski definition) is 1. The zero-order chi connectivity index (χ0) is 16.4. The summed E-state index contributed by atoms with van der Waals surface area (Å²) in [7, 11) is 0. The third-order valence-electron chi connectivity index (χ3n) is 3.63. The number of fused-ring (bicyclic) bond motifs is 1. The lowest BCUT2D eigenvalue weighted by Crippen LogP contribution is -2.20. The molecule has 0 spiro atoms. The van der Waals surface area contributed by atoms with Gasteiger partial charge in [-0.05, 0) is 44.0 Å². The molecule has 0 fully saturated rings. The van der Waals surface area contributed by atoms with Gasteiger partial charge in [0.05, 0.1) is 11.9 Å². The van der Waals surface area contributed by atoms with Crippen LogP contribution in [0.2, 0.25) is 0 Å². The van der Waals surface area contributed by atoms with Crippen molar-refractivity contribution >= 4 is 17.8 Å². The number of hydrazone groups is 1. The van der Waals surface area contributed by atoms with Gasteiger partial charge in [-0.15, -0.1) is 0 Å². The number of hydrogen-bond acceptors (Lipinski definition) is 3. The van der Waals surface area contributed by atoms with Crippen LogP contribution in [0.15, 0.2) is 47.7 Å². The van der Waals surface area contributed by atoms with Crippen molar-refractivity contribution in [2.45, 2.75) is 20.8 Å². The van der Waals surface area contributed by atoms with E-state index in [9.17, 15) is 4.79 Å². The molecular formula is C18H18N4O. The lowest BCUT2D eigenvalue weighted by atomic mass is 10.2. The third kappa shape index (κ3) is 3.13. The smallest absolute Gasteiger partial charge is 0.290 e. The molecule has 0 bridgehead atoms. The van der Waals surface area contributed by atoms with Crippen LogP contribution in [0.25, 0.3) is 5.65 Å². The number of benzene rings is 1. The van der Waals surface area contributed by atoms with Crippen LogP contribution in [0.1, 0.15) is 32.9 Å². The van der Waals surface area contributed by atoms with Gasteiger partial charge in [0.15, 0.2) is 0 Å². The first-order chi connectivity index (χ1) is 11.0. The predicted molar refractivity (Wildman–Crippen MR) is 90.9 cm³/mol. The Morgan fingerprint density at radius 3 is 2.61 bits per heavy atom. The average molecular weight is 306 g/mol. The molecule has 3 aromatic rings. The monoisotopic (exact) mass is 306 g/mol. The van der Waals surface area contributed by atoms with E-state index in [1.165, 1.54) is 5.56 Å². The Kier molecular flexibility index (Phi) is 3.93. The molecule has 3 rings (SSSR count). The van der Waals surface area contributed by atoms with Crippen molar-refractivity contribution < 1.29 is 4.79 Å². The van der Waals surface area contributed by atoms with Gasteiger partial charge in [0.1, 0.15) is 11.3 Å². The highest BCUT2D eigenvalue weighted by Gasteiger charge is 2.15. The zero-order valence-corrected chi connectivity index (χ0v) is 13.4. The van der Waals surface area contributed by atoms with E-state index in [-0.39, 0.29) is 5.91 Å². The quantitative estimate of drug-likeness (QED) is 0.597. The summed E-state index contributed by atoms with van der Waals surface area (Å²) in [5, 5.41) is 4.03. The lowest BCUT2D eigenvalue weighted by molar-refractivity contribution is 0.0948. The first-order valence-electron chi connectivity index (χ1n) is 7.40. The number of rotatable bonds is 3. The maximum absolute atomic E-state index is 12.4. The maximum Gasteiger partial charge on any atom is 0.290 e. The fourth-order valence-electron chi connectivity index (χ4n) is 2.41. The molecule has 0 unspecified atom stereocenters. The van der Waals surface area contributed by atoms with E-state index in [0.29, 0.717) is 11.4 Å². The van der Waals surface area contributed by atoms with Crippen molar-refractivity contribution in [3.63, 3.8) is 0 Å². The fraction of sp³-hybridized carbons (Fsp3) is 0.167. The Hall–Kier alpha value is -2.95. The number of carbonyl (C=O) groups is 1. The number of nitrogens with zero attached hydrogens (tertiary/aromatic N) is 3. The van der Waals surface area contributed by atoms with Crippen LogP contribution in [-0.2, 0) is 0 Å². The summed E-state index contributed by atoms with van der Waals surface area (Å²) in [6, 6.07) is 11.8. The van der Waals surface area contributed by atoms with Gasteiger partial charge in [0, 0.05) is 6.20 Å². The number of nitrogens with one attached hydrogen (secondary N) is 1. The molecule has 2 aromatic heterocycles. The number of imidazole rings is 1. The van der Waals surface area contributed by atoms with Gasteiger partial charge in [-0.2, -0.15) is 5.10 Å². The van der Waals surface area contributed by atoms with E-state index in [1.807, 2.05) is 63.4 Å². The molecule has 0 saturated carbocycles. The molecule has 0 atom stereocenters. The number of aryl methyl sites for hydroxylation is 3. The van der Waals surface area contributed by atoms with Crippen LogP contribution >= 0.6 is 0 Å². The summed E-state index contributed by atoms with van der Waals surface area (Å²) < 4.78 is 1.78. The summed E-state index contributed by atoms with van der Waals surface area (Å²) in [6.07, 6.45) is 3.48. The Morgan fingerprint density at radius 1 is 1.13 bits per heavy atom. The van der Waals surface area contributed by atoms with Gasteiger partial charge < -0.3 is 0 Å². The number of pyridine rings is 1. The molecule has 0 radical (unpaired) electrons. The van der Waals surface area contributed by atoms with Gasteiger partial charge in [-0.25, -0.2) is 10.4 Å². The van der Waals surface area contributed by atoms with Crippen molar-refractivity contribution in [1.82, 2.24) is 14.8 Å². The third-order valence-corrected chi connectivity index (χ3v) is 3.63. The van der Waals surface area contributed by atoms with Gasteiger partial charge in [-0.3, -0.25) is 9.20 Å². The van der Waals surface area contributed by atoms with Crippen LogP contribution in [0.5, 0.6) is 0 Å². The Morgan fingerprint density at radius 2 is 1.87 bits per heavy atom. The molecule has 5 nitrogen and oxygen atoms in total. The van der Waals surface area contributed by atoms with Crippen LogP contribution in [0, 0.1) is 20.8 Å². The Labute approximate surface area is 134 Å². The molecule has 1 N–H and O–H groups in total. The van der Waals surface area contributed by atoms with E-state index >= 15 is 0 Å². The van der Waals surface area contributed by atoms with Crippen molar-refractivity contribution in [3.8, 4) is 0 Å². The molecule has 2 heterocycles. The van der Waals surface area contributed by atoms with Crippen LogP contribution in [0.4, 0.5) is 0 Å². The first-order valence-corrected chi connectivity index (χ1v) is 7.40. The summed E-state index contributed by atoms with van der Waals surface area (Å²) >= 11 is 0. The van der Waals surface area contributed by atoms with Crippen molar-refractivity contribution in [3.05, 3.63) is 70.7 Å². The molecule has 5 heteroatoms. The van der Waals surface area contributed by atoms with Gasteiger partial charge >= 0.3 is 0 Å². The van der Waals surface area contributed by atoms with Crippen LogP contribution < -0.4 is 5.43 Å². The highest BCUT2D eigenvalue weighted by atomic mass is 16.2. The van der Waals surface area contributed by atoms with Crippen molar-refractivity contribution in [1.29, 1.82) is 0 Å². The highest BCUT2D eigenvalue weighted by Crippen LogP contribution is 2.13. The molecular weight excluding hydrogens is 288 g/mol. The van der Waals surface area contributed by atoms with Gasteiger partial charge in [-0.1, -0.05) is 29.8 Å². The minimum absolute atomic E-state index is 0.276. The van der Waals surface area contributed by atoms with E-state index in [1.54, 1.807) is 10.6 Å². The Bertz CT molecular complexity index is 891. The molecule has 1 amide bonds. The van der Waals surface area contributed by atoms with Crippen molar-refractivity contribution in [2.75, 3.05) is 0 Å². The SMILES string of the molecule is Cc1ccc(/C=N\NC(=O)c2c(C)nc3cc(C)ccn23)cc1. The molecule has 0 saturated heterocycles.